The summed E-state index contributed by atoms with van der Waals surface area (Å²) >= 11 is 0. The van der Waals surface area contributed by atoms with Gasteiger partial charge < -0.3 is 19.2 Å². The first kappa shape index (κ1) is 22.3. The minimum absolute atomic E-state index is 0.0238. The highest BCUT2D eigenvalue weighted by molar-refractivity contribution is 7.84. The zero-order chi connectivity index (χ0) is 21.7. The van der Waals surface area contributed by atoms with Gasteiger partial charge in [-0.2, -0.15) is 0 Å². The summed E-state index contributed by atoms with van der Waals surface area (Å²) in [6.07, 6.45) is 4.25. The largest absolute Gasteiger partial charge is 0.493 e. The molecule has 1 aliphatic carbocycles. The molecular formula is C22H30N2O5S. The molecule has 1 atom stereocenters. The molecule has 0 unspecified atom stereocenters. The molecule has 0 radical (unpaired) electrons. The Morgan fingerprint density at radius 1 is 1.20 bits per heavy atom. The van der Waals surface area contributed by atoms with E-state index in [2.05, 4.69) is 17.2 Å². The monoisotopic (exact) mass is 434 g/mol. The minimum atomic E-state index is -1.36. The third-order valence-electron chi connectivity index (χ3n) is 5.49. The highest BCUT2D eigenvalue weighted by Gasteiger charge is 2.21. The van der Waals surface area contributed by atoms with Gasteiger partial charge in [0.05, 0.1) is 25.7 Å². The van der Waals surface area contributed by atoms with Gasteiger partial charge in [0.15, 0.2) is 11.5 Å². The van der Waals surface area contributed by atoms with Crippen molar-refractivity contribution in [3.05, 3.63) is 29.7 Å². The Hall–Kier alpha value is -2.35. The average molecular weight is 435 g/mol. The van der Waals surface area contributed by atoms with Crippen LogP contribution in [-0.2, 0) is 21.3 Å². The number of ether oxygens (including phenoxy) is 2. The number of aryl methyl sites for hydroxylation is 1. The second-order valence-corrected chi connectivity index (χ2v) is 9.30. The van der Waals surface area contributed by atoms with Gasteiger partial charge in [0.2, 0.25) is 11.8 Å². The number of nitrogens with zero attached hydrogens (tertiary/aromatic N) is 1. The van der Waals surface area contributed by atoms with E-state index >= 15 is 0 Å². The van der Waals surface area contributed by atoms with E-state index in [1.54, 1.807) is 33.3 Å². The minimum Gasteiger partial charge on any atom is -0.493 e. The van der Waals surface area contributed by atoms with Crippen molar-refractivity contribution in [1.82, 2.24) is 10.3 Å². The Morgan fingerprint density at radius 3 is 2.57 bits per heavy atom. The van der Waals surface area contributed by atoms with Crippen molar-refractivity contribution in [2.24, 2.45) is 5.92 Å². The van der Waals surface area contributed by atoms with Crippen molar-refractivity contribution in [1.29, 1.82) is 0 Å². The molecule has 1 heterocycles. The van der Waals surface area contributed by atoms with Crippen molar-refractivity contribution in [2.45, 2.75) is 51.3 Å². The molecule has 1 fully saturated rings. The van der Waals surface area contributed by atoms with Crippen LogP contribution in [0.1, 0.15) is 44.1 Å². The van der Waals surface area contributed by atoms with E-state index in [9.17, 15) is 9.00 Å². The summed E-state index contributed by atoms with van der Waals surface area (Å²) in [5, 5.41) is 3.02. The van der Waals surface area contributed by atoms with E-state index < -0.39 is 10.8 Å². The number of rotatable bonds is 8. The van der Waals surface area contributed by atoms with Gasteiger partial charge in [0.25, 0.3) is 0 Å². The van der Waals surface area contributed by atoms with Crippen LogP contribution in [0.25, 0.3) is 11.5 Å². The van der Waals surface area contributed by atoms with Crippen LogP contribution < -0.4 is 14.8 Å². The Morgan fingerprint density at radius 2 is 1.90 bits per heavy atom. The van der Waals surface area contributed by atoms with Crippen molar-refractivity contribution in [3.8, 4) is 23.0 Å². The van der Waals surface area contributed by atoms with Crippen LogP contribution >= 0.6 is 0 Å². The molecule has 1 amide bonds. The molecule has 1 aliphatic rings. The summed E-state index contributed by atoms with van der Waals surface area (Å²) in [5.74, 6) is 2.92. The van der Waals surface area contributed by atoms with E-state index in [0.29, 0.717) is 28.8 Å². The summed E-state index contributed by atoms with van der Waals surface area (Å²) in [4.78, 5) is 16.8. The smallest absolute Gasteiger partial charge is 0.232 e. The molecule has 0 aliphatic heterocycles. The number of aromatic nitrogens is 1. The summed E-state index contributed by atoms with van der Waals surface area (Å²) in [7, 11) is 1.78. The van der Waals surface area contributed by atoms with Crippen LogP contribution in [0.3, 0.4) is 0 Å². The predicted octanol–water partition coefficient (Wildman–Crippen LogP) is 3.61. The van der Waals surface area contributed by atoms with Crippen LogP contribution in [0, 0.1) is 12.8 Å². The molecule has 30 heavy (non-hydrogen) atoms. The van der Waals surface area contributed by atoms with Crippen molar-refractivity contribution < 1.29 is 22.9 Å². The molecule has 0 spiro atoms. The van der Waals surface area contributed by atoms with Crippen LogP contribution in [-0.4, -0.2) is 41.1 Å². The number of amides is 1. The van der Waals surface area contributed by atoms with Crippen LogP contribution in [0.5, 0.6) is 11.5 Å². The topological polar surface area (TPSA) is 90.7 Å². The summed E-state index contributed by atoms with van der Waals surface area (Å²) in [5.41, 5.74) is 1.33. The van der Waals surface area contributed by atoms with Gasteiger partial charge in [0.1, 0.15) is 11.5 Å². The predicted molar refractivity (Wildman–Crippen MR) is 116 cm³/mol. The fraction of sp³-hybridized carbons (Fsp3) is 0.545. The third-order valence-corrected chi connectivity index (χ3v) is 6.67. The molecule has 1 aromatic carbocycles. The summed E-state index contributed by atoms with van der Waals surface area (Å²) in [6, 6.07) is 5.59. The molecule has 0 saturated heterocycles. The maximum Gasteiger partial charge on any atom is 0.232 e. The van der Waals surface area contributed by atoms with Crippen LogP contribution in [0.15, 0.2) is 22.6 Å². The molecule has 3 rings (SSSR count). The van der Waals surface area contributed by atoms with Crippen LogP contribution in [0.2, 0.25) is 0 Å². The molecule has 164 valence electrons. The maximum atomic E-state index is 12.5. The normalized spacial score (nSPS) is 19.9. The number of hydrogen-bond acceptors (Lipinski definition) is 6. The SMILES string of the molecule is COc1ccc(-c2nc(C[S@](=O)CC(=O)NC3CCC(C)CC3)c(C)o2)cc1OC. The first-order valence-corrected chi connectivity index (χ1v) is 11.7. The Bertz CT molecular complexity index is 903. The first-order valence-electron chi connectivity index (χ1n) is 10.2. The van der Waals surface area contributed by atoms with Gasteiger partial charge >= 0.3 is 0 Å². The number of benzene rings is 1. The zero-order valence-electron chi connectivity index (χ0n) is 18.0. The quantitative estimate of drug-likeness (QED) is 0.683. The fourth-order valence-electron chi connectivity index (χ4n) is 3.68. The Labute approximate surface area is 180 Å². The van der Waals surface area contributed by atoms with E-state index in [0.717, 1.165) is 37.2 Å². The van der Waals surface area contributed by atoms with Gasteiger partial charge in [-0.05, 0) is 56.7 Å². The van der Waals surface area contributed by atoms with E-state index in [-0.39, 0.29) is 23.5 Å². The molecule has 1 N–H and O–H groups in total. The van der Waals surface area contributed by atoms with Crippen molar-refractivity contribution >= 4 is 16.7 Å². The lowest BCUT2D eigenvalue weighted by Gasteiger charge is -2.26. The van der Waals surface area contributed by atoms with Crippen molar-refractivity contribution in [3.63, 3.8) is 0 Å². The van der Waals surface area contributed by atoms with Gasteiger partial charge in [-0.25, -0.2) is 4.98 Å². The first-order chi connectivity index (χ1) is 14.4. The van der Waals surface area contributed by atoms with Gasteiger partial charge in [-0.15, -0.1) is 0 Å². The lowest BCUT2D eigenvalue weighted by Crippen LogP contribution is -2.39. The lowest BCUT2D eigenvalue weighted by atomic mass is 9.87. The van der Waals surface area contributed by atoms with E-state index in [4.69, 9.17) is 13.9 Å². The van der Waals surface area contributed by atoms with E-state index in [1.165, 1.54) is 0 Å². The molecule has 1 aromatic heterocycles. The molecule has 2 aromatic rings. The maximum absolute atomic E-state index is 12.5. The molecule has 7 nitrogen and oxygen atoms in total. The highest BCUT2D eigenvalue weighted by Crippen LogP contribution is 2.32. The third kappa shape index (κ3) is 5.62. The highest BCUT2D eigenvalue weighted by atomic mass is 32.2. The Balaban J connectivity index is 1.60. The lowest BCUT2D eigenvalue weighted by molar-refractivity contribution is -0.119. The molecular weight excluding hydrogens is 404 g/mol. The zero-order valence-corrected chi connectivity index (χ0v) is 18.8. The summed E-state index contributed by atoms with van der Waals surface area (Å²) < 4.78 is 28.9. The second-order valence-electron chi connectivity index (χ2n) is 7.84. The van der Waals surface area contributed by atoms with E-state index in [1.807, 2.05) is 6.07 Å². The second kappa shape index (κ2) is 10.1. The number of carbonyl (C=O) groups excluding carboxylic acids is 1. The average Bonchev–Trinajstić information content (AvgIpc) is 3.09. The summed E-state index contributed by atoms with van der Waals surface area (Å²) in [6.45, 7) is 4.02. The number of oxazole rings is 1. The standard InChI is InChI=1S/C22H30N2O5S/c1-14-5-8-17(9-6-14)23-21(25)13-30(26)12-18-15(2)29-22(24-18)16-7-10-19(27-3)20(11-16)28-4/h7,10-11,14,17H,5-6,8-9,12-13H2,1-4H3,(H,23,25)/t14?,17?,30-/m0/s1. The molecule has 1 saturated carbocycles. The molecule has 8 heteroatoms. The number of hydrogen-bond donors (Lipinski definition) is 1. The number of nitrogens with one attached hydrogen (secondary N) is 1. The van der Waals surface area contributed by atoms with Gasteiger partial charge in [-0.1, -0.05) is 6.92 Å². The van der Waals surface area contributed by atoms with Crippen LogP contribution in [0.4, 0.5) is 0 Å². The molecule has 0 bridgehead atoms. The number of carbonyl (C=O) groups is 1. The number of methoxy groups -OCH3 is 2. The fourth-order valence-corrected chi connectivity index (χ4v) is 4.73. The van der Waals surface area contributed by atoms with Gasteiger partial charge in [-0.3, -0.25) is 9.00 Å². The van der Waals surface area contributed by atoms with Crippen molar-refractivity contribution in [2.75, 3.05) is 20.0 Å². The Kier molecular flexibility index (Phi) is 7.53. The van der Waals surface area contributed by atoms with Gasteiger partial charge in [0, 0.05) is 22.4 Å².